The molecule has 0 spiro atoms. The number of rotatable bonds is 23. The van der Waals surface area contributed by atoms with E-state index in [1.165, 1.54) is 0 Å². The van der Waals surface area contributed by atoms with Gasteiger partial charge in [0.2, 0.25) is 31.9 Å². The van der Waals surface area contributed by atoms with Gasteiger partial charge in [0, 0.05) is 30.8 Å². The molecule has 1 unspecified atom stereocenters. The number of sulfonamides is 2. The fraction of sp³-hybridized carbons (Fsp3) is 0.429. The van der Waals surface area contributed by atoms with Crippen LogP contribution in [0.4, 0.5) is 0 Å². The first-order valence-electron chi connectivity index (χ1n) is 19.2. The zero-order valence-electron chi connectivity index (χ0n) is 33.0. The Labute approximate surface area is 337 Å². The molecule has 57 heavy (non-hydrogen) atoms. The molecule has 4 aromatic rings. The van der Waals surface area contributed by atoms with Crippen molar-refractivity contribution >= 4 is 31.9 Å². The second-order valence-electron chi connectivity index (χ2n) is 15.0. The van der Waals surface area contributed by atoms with Crippen LogP contribution >= 0.6 is 0 Å². The maximum Gasteiger partial charge on any atom is 0.238 e. The van der Waals surface area contributed by atoms with E-state index in [0.717, 1.165) is 22.3 Å². The Balaban J connectivity index is 1.53. The maximum atomic E-state index is 13.9. The second kappa shape index (κ2) is 21.8. The normalized spacial score (nSPS) is 14.7. The lowest BCUT2D eigenvalue weighted by atomic mass is 9.92. The summed E-state index contributed by atoms with van der Waals surface area (Å²) in [5, 5.41) is 17.9. The van der Waals surface area contributed by atoms with Gasteiger partial charge >= 0.3 is 0 Å². The molecule has 0 saturated heterocycles. The number of carbonyl (C=O) groups is 2. The monoisotopic (exact) mass is 820 g/mol. The third kappa shape index (κ3) is 15.7. The highest BCUT2D eigenvalue weighted by Gasteiger charge is 2.34. The maximum absolute atomic E-state index is 13.9. The van der Waals surface area contributed by atoms with Gasteiger partial charge in [0.1, 0.15) is 12.1 Å². The minimum Gasteiger partial charge on any atom is -0.391 e. The van der Waals surface area contributed by atoms with Gasteiger partial charge in [-0.3, -0.25) is 19.6 Å². The summed E-state index contributed by atoms with van der Waals surface area (Å²) < 4.78 is 58.0. The highest BCUT2D eigenvalue weighted by Crippen LogP contribution is 2.17. The van der Waals surface area contributed by atoms with E-state index in [4.69, 9.17) is 0 Å². The van der Waals surface area contributed by atoms with Crippen molar-refractivity contribution in [2.45, 2.75) is 90.1 Å². The van der Waals surface area contributed by atoms with Crippen LogP contribution in [0.5, 0.6) is 0 Å². The molecule has 0 radical (unpaired) electrons. The molecule has 5 atom stereocenters. The fourth-order valence-electron chi connectivity index (χ4n) is 6.36. The molecule has 0 aliphatic heterocycles. The predicted octanol–water partition coefficient (Wildman–Crippen LogP) is 3.36. The Hall–Kier alpha value is -4.54. The van der Waals surface area contributed by atoms with E-state index in [1.807, 2.05) is 60.7 Å². The molecule has 2 heterocycles. The second-order valence-corrected chi connectivity index (χ2v) is 18.8. The number of nitrogens with zero attached hydrogens (tertiary/aromatic N) is 2. The average Bonchev–Trinajstić information content (AvgIpc) is 3.18. The Bertz CT molecular complexity index is 2040. The summed E-state index contributed by atoms with van der Waals surface area (Å²) >= 11 is 0. The number of benzene rings is 2. The number of hydrogen-bond acceptors (Lipinski definition) is 9. The lowest BCUT2D eigenvalue weighted by Gasteiger charge is -2.31. The number of carbonyl (C=O) groups excluding carboxylic acids is 2. The molecular formula is C42H56N6O7S2. The Kier molecular flexibility index (Phi) is 17.3. The van der Waals surface area contributed by atoms with Crippen LogP contribution in [0.1, 0.15) is 56.4 Å². The lowest BCUT2D eigenvalue weighted by molar-refractivity contribution is -0.126. The smallest absolute Gasteiger partial charge is 0.238 e. The molecule has 2 amide bonds. The third-order valence-electron chi connectivity index (χ3n) is 9.62. The minimum absolute atomic E-state index is 0.0119. The van der Waals surface area contributed by atoms with Crippen LogP contribution in [0.25, 0.3) is 0 Å². The molecule has 0 aliphatic rings. The number of aliphatic hydroxyl groups excluding tert-OH is 1. The van der Waals surface area contributed by atoms with E-state index in [1.54, 1.807) is 76.7 Å². The molecule has 4 rings (SSSR count). The van der Waals surface area contributed by atoms with Gasteiger partial charge < -0.3 is 15.7 Å². The summed E-state index contributed by atoms with van der Waals surface area (Å²) in [6.07, 6.45) is 6.13. The topological polar surface area (TPSA) is 197 Å². The molecule has 0 fully saturated rings. The molecule has 15 heteroatoms. The first kappa shape index (κ1) is 45.2. The molecule has 0 bridgehead atoms. The van der Waals surface area contributed by atoms with Crippen LogP contribution in [0.3, 0.4) is 0 Å². The van der Waals surface area contributed by atoms with Crippen LogP contribution in [-0.4, -0.2) is 85.5 Å². The van der Waals surface area contributed by atoms with Crippen LogP contribution in [0.2, 0.25) is 0 Å². The van der Waals surface area contributed by atoms with E-state index < -0.39 is 74.0 Å². The number of amides is 2. The number of nitrogens with one attached hydrogen (secondary N) is 4. The predicted molar refractivity (Wildman–Crippen MR) is 222 cm³/mol. The van der Waals surface area contributed by atoms with Crippen molar-refractivity contribution in [1.29, 1.82) is 0 Å². The van der Waals surface area contributed by atoms with Gasteiger partial charge in [0.05, 0.1) is 23.7 Å². The van der Waals surface area contributed by atoms with Gasteiger partial charge in [-0.1, -0.05) is 88.4 Å². The highest BCUT2D eigenvalue weighted by atomic mass is 32.2. The molecule has 2 aromatic carbocycles. The first-order chi connectivity index (χ1) is 27.1. The highest BCUT2D eigenvalue weighted by molar-refractivity contribution is 7.89. The molecular weight excluding hydrogens is 765 g/mol. The van der Waals surface area contributed by atoms with Crippen molar-refractivity contribution in [3.05, 3.63) is 132 Å². The van der Waals surface area contributed by atoms with E-state index in [9.17, 15) is 31.5 Å². The van der Waals surface area contributed by atoms with Gasteiger partial charge in [-0.2, -0.15) is 0 Å². The van der Waals surface area contributed by atoms with Gasteiger partial charge in [0.25, 0.3) is 0 Å². The number of pyridine rings is 2. The Morgan fingerprint density at radius 1 is 0.579 bits per heavy atom. The third-order valence-corrected chi connectivity index (χ3v) is 12.3. The summed E-state index contributed by atoms with van der Waals surface area (Å²) in [7, 11) is -7.76. The summed E-state index contributed by atoms with van der Waals surface area (Å²) in [4.78, 5) is 35.8. The molecule has 0 aliphatic carbocycles. The average molecular weight is 821 g/mol. The summed E-state index contributed by atoms with van der Waals surface area (Å²) in [6, 6.07) is 21.8. The van der Waals surface area contributed by atoms with Gasteiger partial charge in [-0.25, -0.2) is 26.3 Å². The molecule has 0 saturated carbocycles. The van der Waals surface area contributed by atoms with Gasteiger partial charge in [0.15, 0.2) is 0 Å². The molecule has 2 aromatic heterocycles. The van der Waals surface area contributed by atoms with Crippen LogP contribution in [0.15, 0.2) is 110 Å². The lowest BCUT2D eigenvalue weighted by Crippen LogP contribution is -2.57. The number of aliphatic hydroxyl groups is 1. The minimum atomic E-state index is -3.89. The van der Waals surface area contributed by atoms with Crippen molar-refractivity contribution in [2.75, 3.05) is 11.5 Å². The number of aromatic nitrogens is 2. The SMILES string of the molecule is CC(C)[C@H](NS(=O)(=O)CCc1ccncc1)C(=O)NC(Cc1ccccc1)[C@@H](O)C[C@H](Cc1ccccc1)NC(=O)[C@@H](NS(=O)(=O)CCc1ccncc1)C(C)C. The van der Waals surface area contributed by atoms with Crippen molar-refractivity contribution in [3.8, 4) is 0 Å². The summed E-state index contributed by atoms with van der Waals surface area (Å²) in [5.41, 5.74) is 3.29. The van der Waals surface area contributed by atoms with E-state index in [0.29, 0.717) is 6.42 Å². The quantitative estimate of drug-likeness (QED) is 0.0746. The summed E-state index contributed by atoms with van der Waals surface area (Å²) in [6.45, 7) is 6.98. The van der Waals surface area contributed by atoms with Gasteiger partial charge in [-0.15, -0.1) is 0 Å². The van der Waals surface area contributed by atoms with Crippen molar-refractivity contribution in [3.63, 3.8) is 0 Å². The Morgan fingerprint density at radius 3 is 1.40 bits per heavy atom. The molecule has 13 nitrogen and oxygen atoms in total. The number of hydrogen-bond donors (Lipinski definition) is 5. The van der Waals surface area contributed by atoms with Crippen LogP contribution in [0, 0.1) is 11.8 Å². The summed E-state index contributed by atoms with van der Waals surface area (Å²) in [5.74, 6) is -2.43. The van der Waals surface area contributed by atoms with Crippen LogP contribution < -0.4 is 20.1 Å². The largest absolute Gasteiger partial charge is 0.391 e. The fourth-order valence-corrected chi connectivity index (χ4v) is 9.13. The van der Waals surface area contributed by atoms with E-state index in [-0.39, 0.29) is 37.2 Å². The van der Waals surface area contributed by atoms with Crippen molar-refractivity contribution < 1.29 is 31.5 Å². The first-order valence-corrected chi connectivity index (χ1v) is 22.6. The van der Waals surface area contributed by atoms with Crippen molar-refractivity contribution in [1.82, 2.24) is 30.0 Å². The zero-order chi connectivity index (χ0) is 41.4. The van der Waals surface area contributed by atoms with E-state index >= 15 is 0 Å². The standard InChI is InChI=1S/C42H56N6O7S2/c1-30(2)39(47-56(52,53)25-19-32-15-21-43-22-16-32)41(50)45-36(27-34-11-7-5-8-12-34)29-38(49)37(28-35-13-9-6-10-14-35)46-42(51)40(31(3)4)48-57(54,55)26-20-33-17-23-44-24-18-33/h5-18,21-24,30-31,36-40,47-49H,19-20,25-29H2,1-4H3,(H,45,50)(H,46,51)/t36-,37?,38-,39-,40-/m0/s1. The van der Waals surface area contributed by atoms with Gasteiger partial charge in [-0.05, 0) is 90.5 Å². The Morgan fingerprint density at radius 2 is 0.982 bits per heavy atom. The van der Waals surface area contributed by atoms with Crippen molar-refractivity contribution in [2.24, 2.45) is 11.8 Å². The van der Waals surface area contributed by atoms with Crippen LogP contribution in [-0.2, 0) is 55.3 Å². The molecule has 5 N–H and O–H groups in total. The van der Waals surface area contributed by atoms with E-state index in [2.05, 4.69) is 30.0 Å². The zero-order valence-corrected chi connectivity index (χ0v) is 34.6. The number of aryl methyl sites for hydroxylation is 2. The molecule has 308 valence electrons.